The molecule has 1 aliphatic rings. The highest BCUT2D eigenvalue weighted by Gasteiger charge is 2.34. The van der Waals surface area contributed by atoms with Crippen LogP contribution in [0.25, 0.3) is 0 Å². The average molecular weight is 364 g/mol. The number of nitrogens with one attached hydrogen (secondary N) is 1. The summed E-state index contributed by atoms with van der Waals surface area (Å²) in [4.78, 5) is 23.8. The molecule has 1 saturated heterocycles. The van der Waals surface area contributed by atoms with Crippen molar-refractivity contribution in [2.75, 3.05) is 11.4 Å². The Morgan fingerprint density at radius 1 is 1.35 bits per heavy atom. The maximum absolute atomic E-state index is 11.6. The van der Waals surface area contributed by atoms with E-state index in [0.29, 0.717) is 5.69 Å². The van der Waals surface area contributed by atoms with Crippen molar-refractivity contribution in [2.45, 2.75) is 6.04 Å². The summed E-state index contributed by atoms with van der Waals surface area (Å²) < 4.78 is 1.63. The number of amides is 2. The first-order valence-corrected chi connectivity index (χ1v) is 6.33. The van der Waals surface area contributed by atoms with E-state index in [9.17, 15) is 9.59 Å². The Kier molecular flexibility index (Phi) is 3.39. The van der Waals surface area contributed by atoms with Crippen molar-refractivity contribution in [3.63, 3.8) is 0 Å². The summed E-state index contributed by atoms with van der Waals surface area (Å²) in [5.74, 6) is -1.03. The molecule has 1 atom stereocenters. The van der Waals surface area contributed by atoms with E-state index >= 15 is 0 Å². The van der Waals surface area contributed by atoms with Gasteiger partial charge in [-0.05, 0) is 18.2 Å². The van der Waals surface area contributed by atoms with Crippen molar-refractivity contribution in [1.29, 1.82) is 0 Å². The van der Waals surface area contributed by atoms with E-state index < -0.39 is 18.0 Å². The Morgan fingerprint density at radius 2 is 1.94 bits per heavy atom. The van der Waals surface area contributed by atoms with Gasteiger partial charge in [-0.1, -0.05) is 31.9 Å². The Balaban J connectivity index is 2.28. The first-order chi connectivity index (χ1) is 7.97. The van der Waals surface area contributed by atoms with Gasteiger partial charge in [-0.15, -0.1) is 0 Å². The molecular weight excluding hydrogens is 356 g/mol. The van der Waals surface area contributed by atoms with Gasteiger partial charge >= 0.3 is 12.0 Å². The molecule has 0 aromatic heterocycles. The molecule has 1 fully saturated rings. The molecule has 2 N–H and O–H groups in total. The molecule has 0 saturated carbocycles. The van der Waals surface area contributed by atoms with Crippen LogP contribution in [-0.2, 0) is 4.79 Å². The van der Waals surface area contributed by atoms with Gasteiger partial charge in [0.2, 0.25) is 0 Å². The van der Waals surface area contributed by atoms with Gasteiger partial charge in [0.05, 0.1) is 6.54 Å². The quantitative estimate of drug-likeness (QED) is 0.846. The zero-order chi connectivity index (χ0) is 12.6. The number of aliphatic carboxylic acids is 1. The molecule has 5 nitrogen and oxygen atoms in total. The predicted octanol–water partition coefficient (Wildman–Crippen LogP) is 2.19. The summed E-state index contributed by atoms with van der Waals surface area (Å²) in [6.07, 6.45) is 0. The monoisotopic (exact) mass is 362 g/mol. The van der Waals surface area contributed by atoms with Crippen molar-refractivity contribution >= 4 is 49.5 Å². The molecular formula is C10H8Br2N2O3. The second kappa shape index (κ2) is 4.66. The molecule has 2 rings (SSSR count). The molecule has 0 aliphatic carbocycles. The number of hydrogen-bond donors (Lipinski definition) is 2. The maximum Gasteiger partial charge on any atom is 0.328 e. The maximum atomic E-state index is 11.6. The normalized spacial score (nSPS) is 19.3. The number of carboxylic acid groups (broad SMARTS) is 1. The van der Waals surface area contributed by atoms with Crippen LogP contribution in [0.4, 0.5) is 10.5 Å². The largest absolute Gasteiger partial charge is 0.480 e. The van der Waals surface area contributed by atoms with Crippen LogP contribution in [-0.4, -0.2) is 29.7 Å². The van der Waals surface area contributed by atoms with Crippen LogP contribution in [0, 0.1) is 0 Å². The van der Waals surface area contributed by atoms with E-state index in [1.807, 2.05) is 6.07 Å². The highest BCUT2D eigenvalue weighted by molar-refractivity contribution is 9.11. The van der Waals surface area contributed by atoms with Gasteiger partial charge in [-0.3, -0.25) is 4.90 Å². The Hall–Kier alpha value is -1.08. The van der Waals surface area contributed by atoms with Crippen LogP contribution in [0.1, 0.15) is 0 Å². The minimum absolute atomic E-state index is 0.122. The molecule has 0 spiro atoms. The van der Waals surface area contributed by atoms with Gasteiger partial charge in [-0.2, -0.15) is 0 Å². The average Bonchev–Trinajstić information content (AvgIpc) is 2.59. The fourth-order valence-electron chi connectivity index (χ4n) is 1.60. The summed E-state index contributed by atoms with van der Waals surface area (Å²) in [6, 6.07) is 4.10. The molecule has 0 unspecified atom stereocenters. The summed E-state index contributed by atoms with van der Waals surface area (Å²) in [6.45, 7) is 0.122. The molecule has 90 valence electrons. The second-order valence-corrected chi connectivity index (χ2v) is 5.41. The molecule has 0 radical (unpaired) electrons. The van der Waals surface area contributed by atoms with Crippen molar-refractivity contribution < 1.29 is 14.7 Å². The van der Waals surface area contributed by atoms with E-state index in [2.05, 4.69) is 37.2 Å². The van der Waals surface area contributed by atoms with E-state index in [-0.39, 0.29) is 6.54 Å². The summed E-state index contributed by atoms with van der Waals surface area (Å²) >= 11 is 6.64. The Bertz CT molecular complexity index is 472. The van der Waals surface area contributed by atoms with Crippen molar-refractivity contribution in [3.05, 3.63) is 27.1 Å². The number of carbonyl (C=O) groups excluding carboxylic acids is 1. The Morgan fingerprint density at radius 3 is 2.41 bits per heavy atom. The van der Waals surface area contributed by atoms with Crippen LogP contribution in [0.3, 0.4) is 0 Å². The molecule has 2 amide bonds. The van der Waals surface area contributed by atoms with E-state index in [4.69, 9.17) is 5.11 Å². The highest BCUT2D eigenvalue weighted by Crippen LogP contribution is 2.27. The lowest BCUT2D eigenvalue weighted by Crippen LogP contribution is -2.33. The molecule has 1 aliphatic heterocycles. The van der Waals surface area contributed by atoms with Crippen molar-refractivity contribution in [1.82, 2.24) is 5.32 Å². The fraction of sp³-hybridized carbons (Fsp3) is 0.200. The topological polar surface area (TPSA) is 69.6 Å². The number of carboxylic acids is 1. The number of hydrogen-bond acceptors (Lipinski definition) is 2. The highest BCUT2D eigenvalue weighted by atomic mass is 79.9. The standard InChI is InChI=1S/C10H8Br2N2O3/c11-5-1-6(12)3-7(2-5)14-4-8(9(15)16)13-10(14)17/h1-3,8H,4H2,(H,13,17)(H,15,16)/t8-/m0/s1. The molecule has 1 heterocycles. The van der Waals surface area contributed by atoms with Gasteiger partial charge in [0, 0.05) is 14.6 Å². The molecule has 17 heavy (non-hydrogen) atoms. The number of urea groups is 1. The summed E-state index contributed by atoms with van der Waals surface area (Å²) in [5.41, 5.74) is 0.646. The molecule has 7 heteroatoms. The van der Waals surface area contributed by atoms with E-state index in [0.717, 1.165) is 8.95 Å². The zero-order valence-electron chi connectivity index (χ0n) is 8.48. The number of rotatable bonds is 2. The molecule has 0 bridgehead atoms. The smallest absolute Gasteiger partial charge is 0.328 e. The lowest BCUT2D eigenvalue weighted by atomic mass is 10.2. The number of nitrogens with zero attached hydrogens (tertiary/aromatic N) is 1. The summed E-state index contributed by atoms with van der Waals surface area (Å²) in [7, 11) is 0. The van der Waals surface area contributed by atoms with Gasteiger partial charge < -0.3 is 10.4 Å². The van der Waals surface area contributed by atoms with E-state index in [1.165, 1.54) is 4.90 Å². The number of benzene rings is 1. The molecule has 1 aromatic carbocycles. The number of carbonyl (C=O) groups is 2. The minimum atomic E-state index is -1.03. The van der Waals surface area contributed by atoms with Crippen LogP contribution < -0.4 is 10.2 Å². The van der Waals surface area contributed by atoms with Gasteiger partial charge in [0.15, 0.2) is 0 Å². The van der Waals surface area contributed by atoms with Gasteiger partial charge in [0.1, 0.15) is 6.04 Å². The molecule has 1 aromatic rings. The lowest BCUT2D eigenvalue weighted by Gasteiger charge is -2.15. The van der Waals surface area contributed by atoms with Gasteiger partial charge in [0.25, 0.3) is 0 Å². The zero-order valence-corrected chi connectivity index (χ0v) is 11.7. The van der Waals surface area contributed by atoms with Crippen molar-refractivity contribution in [2.24, 2.45) is 0 Å². The van der Waals surface area contributed by atoms with Crippen LogP contribution in [0.15, 0.2) is 27.1 Å². The minimum Gasteiger partial charge on any atom is -0.480 e. The van der Waals surface area contributed by atoms with Gasteiger partial charge in [-0.25, -0.2) is 9.59 Å². The lowest BCUT2D eigenvalue weighted by molar-refractivity contribution is -0.138. The van der Waals surface area contributed by atoms with Crippen molar-refractivity contribution in [3.8, 4) is 0 Å². The number of anilines is 1. The van der Waals surface area contributed by atoms with Crippen LogP contribution >= 0.6 is 31.9 Å². The first-order valence-electron chi connectivity index (χ1n) is 4.74. The SMILES string of the molecule is O=C(O)[C@@H]1CN(c2cc(Br)cc(Br)c2)C(=O)N1. The number of halogens is 2. The Labute approximate surface area is 114 Å². The second-order valence-electron chi connectivity index (χ2n) is 3.58. The fourth-order valence-corrected chi connectivity index (χ4v) is 2.87. The van der Waals surface area contributed by atoms with Crippen LogP contribution in [0.2, 0.25) is 0 Å². The summed E-state index contributed by atoms with van der Waals surface area (Å²) in [5, 5.41) is 11.2. The first kappa shape index (κ1) is 12.4. The van der Waals surface area contributed by atoms with Crippen LogP contribution in [0.5, 0.6) is 0 Å². The third-order valence-electron chi connectivity index (χ3n) is 2.37. The third-order valence-corrected chi connectivity index (χ3v) is 3.28. The third kappa shape index (κ3) is 2.61. The predicted molar refractivity (Wildman–Crippen MR) is 69.1 cm³/mol. The van der Waals surface area contributed by atoms with E-state index in [1.54, 1.807) is 12.1 Å².